The molecule has 1 unspecified atom stereocenters. The summed E-state index contributed by atoms with van der Waals surface area (Å²) in [6, 6.07) is 0.339. The maximum Gasteiger partial charge on any atom is 0.0948 e. The fraction of sp³-hybridized carbons (Fsp3) is 0.812. The van der Waals surface area contributed by atoms with Crippen LogP contribution in [0.15, 0.2) is 12.5 Å². The van der Waals surface area contributed by atoms with Gasteiger partial charge in [-0.25, -0.2) is 4.98 Å². The van der Waals surface area contributed by atoms with E-state index in [2.05, 4.69) is 28.3 Å². The van der Waals surface area contributed by atoms with Crippen LogP contribution in [0.3, 0.4) is 0 Å². The lowest BCUT2D eigenvalue weighted by Gasteiger charge is -2.37. The van der Waals surface area contributed by atoms with Gasteiger partial charge in [-0.3, -0.25) is 4.90 Å². The van der Waals surface area contributed by atoms with Crippen molar-refractivity contribution in [3.05, 3.63) is 18.2 Å². The molecule has 1 atom stereocenters. The molecule has 1 fully saturated rings. The second kappa shape index (κ2) is 7.79. The first-order chi connectivity index (χ1) is 9.80. The molecule has 0 amide bonds. The molecule has 4 heteroatoms. The van der Waals surface area contributed by atoms with Crippen molar-refractivity contribution in [1.29, 1.82) is 0 Å². The van der Waals surface area contributed by atoms with E-state index >= 15 is 0 Å². The van der Waals surface area contributed by atoms with E-state index in [9.17, 15) is 0 Å². The van der Waals surface area contributed by atoms with Crippen LogP contribution < -0.4 is 5.73 Å². The molecule has 114 valence electrons. The molecule has 4 nitrogen and oxygen atoms in total. The number of imidazole rings is 1. The van der Waals surface area contributed by atoms with Crippen molar-refractivity contribution >= 4 is 0 Å². The van der Waals surface area contributed by atoms with Crippen molar-refractivity contribution < 1.29 is 0 Å². The highest BCUT2D eigenvalue weighted by atomic mass is 15.2. The van der Waals surface area contributed by atoms with Crippen molar-refractivity contribution in [2.45, 2.75) is 58.5 Å². The predicted molar refractivity (Wildman–Crippen MR) is 83.5 cm³/mol. The molecule has 1 aromatic rings. The molecule has 1 aliphatic heterocycles. The summed E-state index contributed by atoms with van der Waals surface area (Å²) in [6.07, 6.45) is 10.4. The van der Waals surface area contributed by atoms with Crippen molar-refractivity contribution in [3.63, 3.8) is 0 Å². The van der Waals surface area contributed by atoms with Crippen LogP contribution in [-0.4, -0.2) is 34.1 Å². The third-order valence-electron chi connectivity index (χ3n) is 4.56. The Hall–Kier alpha value is -0.870. The topological polar surface area (TPSA) is 47.1 Å². The van der Waals surface area contributed by atoms with Gasteiger partial charge in [-0.05, 0) is 38.3 Å². The van der Waals surface area contributed by atoms with E-state index < -0.39 is 0 Å². The highest BCUT2D eigenvalue weighted by Crippen LogP contribution is 2.28. The van der Waals surface area contributed by atoms with Crippen molar-refractivity contribution in [3.8, 4) is 0 Å². The van der Waals surface area contributed by atoms with Gasteiger partial charge in [0.1, 0.15) is 0 Å². The minimum absolute atomic E-state index is 0.339. The standard InChI is InChI=1S/C16H30N4/c1-3-5-14-6-9-19(10-7-14)15(11-17)16-12-18-13-20(16)8-4-2/h12-15H,3-11,17H2,1-2H3. The summed E-state index contributed by atoms with van der Waals surface area (Å²) >= 11 is 0. The van der Waals surface area contributed by atoms with Gasteiger partial charge in [-0.15, -0.1) is 0 Å². The molecule has 20 heavy (non-hydrogen) atoms. The zero-order chi connectivity index (χ0) is 14.4. The minimum atomic E-state index is 0.339. The van der Waals surface area contributed by atoms with Crippen LogP contribution in [0, 0.1) is 5.92 Å². The molecule has 1 saturated heterocycles. The SMILES string of the molecule is CCCC1CCN(C(CN)c2cncn2CCC)CC1. The number of piperidine rings is 1. The summed E-state index contributed by atoms with van der Waals surface area (Å²) < 4.78 is 2.27. The summed E-state index contributed by atoms with van der Waals surface area (Å²) in [5.41, 5.74) is 7.37. The van der Waals surface area contributed by atoms with E-state index in [1.54, 1.807) is 0 Å². The molecule has 2 heterocycles. The van der Waals surface area contributed by atoms with Gasteiger partial charge in [0.25, 0.3) is 0 Å². The van der Waals surface area contributed by atoms with Crippen LogP contribution in [-0.2, 0) is 6.54 Å². The summed E-state index contributed by atoms with van der Waals surface area (Å²) in [5, 5.41) is 0. The molecule has 0 bridgehead atoms. The van der Waals surface area contributed by atoms with Crippen LogP contribution in [0.1, 0.15) is 57.7 Å². The van der Waals surface area contributed by atoms with Gasteiger partial charge in [0.2, 0.25) is 0 Å². The van der Waals surface area contributed by atoms with Gasteiger partial charge < -0.3 is 10.3 Å². The second-order valence-electron chi connectivity index (χ2n) is 6.03. The predicted octanol–water partition coefficient (Wildman–Crippen LogP) is 2.81. The zero-order valence-electron chi connectivity index (χ0n) is 13.1. The first-order valence-corrected chi connectivity index (χ1v) is 8.24. The summed E-state index contributed by atoms with van der Waals surface area (Å²) in [5.74, 6) is 0.926. The molecule has 2 rings (SSSR count). The van der Waals surface area contributed by atoms with Gasteiger partial charge in [0, 0.05) is 19.3 Å². The van der Waals surface area contributed by atoms with Crippen LogP contribution in [0.25, 0.3) is 0 Å². The second-order valence-corrected chi connectivity index (χ2v) is 6.03. The smallest absolute Gasteiger partial charge is 0.0948 e. The summed E-state index contributed by atoms with van der Waals surface area (Å²) in [7, 11) is 0. The Balaban J connectivity index is 2.00. The normalized spacial score (nSPS) is 19.4. The number of hydrogen-bond donors (Lipinski definition) is 1. The highest BCUT2D eigenvalue weighted by molar-refractivity contribution is 5.07. The molecule has 0 aromatic carbocycles. The number of nitrogens with two attached hydrogens (primary N) is 1. The Morgan fingerprint density at radius 2 is 2.05 bits per heavy atom. The molecule has 2 N–H and O–H groups in total. The molecule has 0 saturated carbocycles. The van der Waals surface area contributed by atoms with E-state index in [0.29, 0.717) is 12.6 Å². The number of hydrogen-bond acceptors (Lipinski definition) is 3. The third-order valence-corrected chi connectivity index (χ3v) is 4.56. The molecular formula is C16H30N4. The summed E-state index contributed by atoms with van der Waals surface area (Å²) in [6.45, 7) is 8.59. The minimum Gasteiger partial charge on any atom is -0.333 e. The lowest BCUT2D eigenvalue weighted by Crippen LogP contribution is -2.40. The Labute approximate surface area is 123 Å². The fourth-order valence-corrected chi connectivity index (χ4v) is 3.45. The molecular weight excluding hydrogens is 248 g/mol. The van der Waals surface area contributed by atoms with Gasteiger partial charge in [0.15, 0.2) is 0 Å². The van der Waals surface area contributed by atoms with Crippen LogP contribution >= 0.6 is 0 Å². The Kier molecular flexibility index (Phi) is 6.05. The van der Waals surface area contributed by atoms with E-state index in [4.69, 9.17) is 5.73 Å². The first-order valence-electron chi connectivity index (χ1n) is 8.24. The lowest BCUT2D eigenvalue weighted by molar-refractivity contribution is 0.127. The Bertz CT molecular complexity index is 380. The number of likely N-dealkylation sites (tertiary alicyclic amines) is 1. The van der Waals surface area contributed by atoms with Gasteiger partial charge in [-0.1, -0.05) is 26.7 Å². The third kappa shape index (κ3) is 3.61. The number of nitrogens with zero attached hydrogens (tertiary/aromatic N) is 3. The summed E-state index contributed by atoms with van der Waals surface area (Å²) in [4.78, 5) is 6.89. The number of rotatable bonds is 7. The first kappa shape index (κ1) is 15.5. The van der Waals surface area contributed by atoms with Crippen LogP contribution in [0.2, 0.25) is 0 Å². The monoisotopic (exact) mass is 278 g/mol. The molecule has 0 aliphatic carbocycles. The van der Waals surface area contributed by atoms with E-state index in [1.165, 1.54) is 44.5 Å². The van der Waals surface area contributed by atoms with Crippen LogP contribution in [0.5, 0.6) is 0 Å². The lowest BCUT2D eigenvalue weighted by atomic mass is 9.91. The van der Waals surface area contributed by atoms with E-state index in [-0.39, 0.29) is 0 Å². The van der Waals surface area contributed by atoms with Crippen molar-refractivity contribution in [2.24, 2.45) is 11.7 Å². The maximum absolute atomic E-state index is 6.07. The zero-order valence-corrected chi connectivity index (χ0v) is 13.1. The van der Waals surface area contributed by atoms with Crippen LogP contribution in [0.4, 0.5) is 0 Å². The van der Waals surface area contributed by atoms with E-state index in [1.807, 2.05) is 12.5 Å². The number of aromatic nitrogens is 2. The van der Waals surface area contributed by atoms with E-state index in [0.717, 1.165) is 18.9 Å². The van der Waals surface area contributed by atoms with Gasteiger partial charge in [-0.2, -0.15) is 0 Å². The van der Waals surface area contributed by atoms with Gasteiger partial charge >= 0.3 is 0 Å². The van der Waals surface area contributed by atoms with Crippen molar-refractivity contribution in [2.75, 3.05) is 19.6 Å². The quantitative estimate of drug-likeness (QED) is 0.834. The number of aryl methyl sites for hydroxylation is 1. The highest BCUT2D eigenvalue weighted by Gasteiger charge is 2.26. The van der Waals surface area contributed by atoms with Gasteiger partial charge in [0.05, 0.1) is 18.1 Å². The average Bonchev–Trinajstić information content (AvgIpc) is 2.91. The largest absolute Gasteiger partial charge is 0.333 e. The maximum atomic E-state index is 6.07. The molecule has 1 aliphatic rings. The molecule has 0 radical (unpaired) electrons. The Morgan fingerprint density at radius 3 is 2.65 bits per heavy atom. The average molecular weight is 278 g/mol. The molecule has 1 aromatic heterocycles. The molecule has 0 spiro atoms. The van der Waals surface area contributed by atoms with Crippen molar-refractivity contribution in [1.82, 2.24) is 14.5 Å². The Morgan fingerprint density at radius 1 is 1.30 bits per heavy atom. The fourth-order valence-electron chi connectivity index (χ4n) is 3.45.